The average Bonchev–Trinajstić information content (AvgIpc) is 3.16. The van der Waals surface area contributed by atoms with Crippen molar-refractivity contribution in [2.45, 2.75) is 63.2 Å². The fourth-order valence-corrected chi connectivity index (χ4v) is 6.39. The summed E-state index contributed by atoms with van der Waals surface area (Å²) in [7, 11) is 0. The number of nitriles is 1. The summed E-state index contributed by atoms with van der Waals surface area (Å²) < 4.78 is 56.0. The Hall–Kier alpha value is -3.00. The smallest absolute Gasteiger partial charge is 0.417 e. The van der Waals surface area contributed by atoms with E-state index in [1.807, 2.05) is 0 Å². The van der Waals surface area contributed by atoms with E-state index < -0.39 is 41.1 Å². The number of carbonyl (C=O) groups is 1. The van der Waals surface area contributed by atoms with Crippen LogP contribution in [0.4, 0.5) is 17.6 Å². The molecule has 3 aliphatic rings. The van der Waals surface area contributed by atoms with Crippen LogP contribution >= 0.6 is 0 Å². The maximum absolute atomic E-state index is 15.1. The lowest BCUT2D eigenvalue weighted by atomic mass is 9.73. The van der Waals surface area contributed by atoms with E-state index in [-0.39, 0.29) is 28.0 Å². The van der Waals surface area contributed by atoms with Gasteiger partial charge < -0.3 is 10.3 Å². The Morgan fingerprint density at radius 1 is 1.03 bits per heavy atom. The molecule has 2 N–H and O–H groups in total. The van der Waals surface area contributed by atoms with Crippen molar-refractivity contribution < 1.29 is 32.3 Å². The zero-order valence-electron chi connectivity index (χ0n) is 20.7. The Bertz CT molecular complexity index is 1240. The number of alkyl halides is 3. The van der Waals surface area contributed by atoms with Gasteiger partial charge in [-0.15, -0.1) is 0 Å². The van der Waals surface area contributed by atoms with Crippen LogP contribution in [0.25, 0.3) is 0 Å². The van der Waals surface area contributed by atoms with Crippen LogP contribution in [0.15, 0.2) is 36.4 Å². The van der Waals surface area contributed by atoms with Gasteiger partial charge >= 0.3 is 6.18 Å². The van der Waals surface area contributed by atoms with Gasteiger partial charge in [0.05, 0.1) is 29.4 Å². The first-order valence-electron chi connectivity index (χ1n) is 13.1. The van der Waals surface area contributed by atoms with Gasteiger partial charge in [0, 0.05) is 23.0 Å². The summed E-state index contributed by atoms with van der Waals surface area (Å²) >= 11 is 0. The molecule has 6 nitrogen and oxygen atoms in total. The van der Waals surface area contributed by atoms with Gasteiger partial charge in [-0.05, 0) is 55.9 Å². The Morgan fingerprint density at radius 3 is 2.21 bits per heavy atom. The summed E-state index contributed by atoms with van der Waals surface area (Å²) in [6.07, 6.45) is 1.60. The molecule has 0 radical (unpaired) electrons. The van der Waals surface area contributed by atoms with E-state index in [1.165, 1.54) is 18.2 Å². The van der Waals surface area contributed by atoms with Gasteiger partial charge in [0.25, 0.3) is 5.91 Å². The molecule has 0 spiro atoms. The molecule has 2 aromatic rings. The van der Waals surface area contributed by atoms with Crippen LogP contribution in [0.3, 0.4) is 0 Å². The van der Waals surface area contributed by atoms with E-state index >= 15 is 4.39 Å². The minimum atomic E-state index is -4.73. The number of carbonyl (C=O) groups excluding carboxylic acids is 1. The number of hydroxylamine groups is 3. The van der Waals surface area contributed by atoms with Crippen molar-refractivity contribution in [2.75, 3.05) is 6.61 Å². The highest BCUT2D eigenvalue weighted by molar-refractivity contribution is 5.93. The van der Waals surface area contributed by atoms with Crippen molar-refractivity contribution in [2.24, 2.45) is 17.8 Å². The number of fused-ring (bicyclic) bond motifs is 1. The van der Waals surface area contributed by atoms with Gasteiger partial charge in [-0.1, -0.05) is 31.4 Å². The Morgan fingerprint density at radius 2 is 1.66 bits per heavy atom. The number of halogens is 4. The molecule has 0 aromatic heterocycles. The van der Waals surface area contributed by atoms with E-state index in [4.69, 9.17) is 10.1 Å². The first-order chi connectivity index (χ1) is 18.2. The highest BCUT2D eigenvalue weighted by Crippen LogP contribution is 2.48. The lowest BCUT2D eigenvalue weighted by Gasteiger charge is -2.32. The maximum Gasteiger partial charge on any atom is 0.417 e. The van der Waals surface area contributed by atoms with Crippen molar-refractivity contribution in [3.63, 3.8) is 0 Å². The number of hydrogen-bond acceptors (Lipinski definition) is 4. The second-order valence-electron chi connectivity index (χ2n) is 10.7. The van der Waals surface area contributed by atoms with Gasteiger partial charge in [0.15, 0.2) is 0 Å². The third-order valence-corrected chi connectivity index (χ3v) is 8.48. The molecule has 2 saturated carbocycles. The second kappa shape index (κ2) is 10.6. The van der Waals surface area contributed by atoms with E-state index in [0.29, 0.717) is 30.9 Å². The number of hydrogen-bond donors (Lipinski definition) is 2. The fraction of sp³-hybridized carbons (Fsp3) is 0.500. The Balaban J connectivity index is 1.40. The van der Waals surface area contributed by atoms with Gasteiger partial charge in [-0.3, -0.25) is 9.63 Å². The van der Waals surface area contributed by atoms with Crippen LogP contribution < -0.4 is 10.5 Å². The molecule has 38 heavy (non-hydrogen) atoms. The minimum absolute atomic E-state index is 0.142. The number of benzene rings is 2. The van der Waals surface area contributed by atoms with Gasteiger partial charge in [-0.2, -0.15) is 18.4 Å². The quantitative estimate of drug-likeness (QED) is 0.306. The van der Waals surface area contributed by atoms with E-state index in [2.05, 4.69) is 5.48 Å². The molecule has 1 aliphatic heterocycles. The van der Waals surface area contributed by atoms with Crippen molar-refractivity contribution in [1.82, 2.24) is 5.48 Å². The van der Waals surface area contributed by atoms with Gasteiger partial charge in [-0.25, -0.2) is 9.87 Å². The molecule has 5 unspecified atom stereocenters. The van der Waals surface area contributed by atoms with E-state index in [1.54, 1.807) is 12.1 Å². The van der Waals surface area contributed by atoms with Crippen molar-refractivity contribution in [3.8, 4) is 6.07 Å². The molecular formula is C28H29F4N3O3. The molecule has 2 aromatic carbocycles. The molecule has 3 fully saturated rings. The second-order valence-corrected chi connectivity index (χ2v) is 10.7. The summed E-state index contributed by atoms with van der Waals surface area (Å²) in [6.45, 7) is 0.373. The largest absolute Gasteiger partial charge is 0.633 e. The first-order valence-corrected chi connectivity index (χ1v) is 13.1. The Labute approximate surface area is 218 Å². The molecule has 1 heterocycles. The van der Waals surface area contributed by atoms with Crippen molar-refractivity contribution in [3.05, 3.63) is 75.2 Å². The van der Waals surface area contributed by atoms with Crippen LogP contribution in [0.5, 0.6) is 0 Å². The fourth-order valence-electron chi connectivity index (χ4n) is 6.39. The van der Waals surface area contributed by atoms with Crippen LogP contribution in [0.1, 0.15) is 89.6 Å². The molecule has 1 amide bonds. The lowest BCUT2D eigenvalue weighted by molar-refractivity contribution is -0.902. The molecule has 5 rings (SSSR count). The van der Waals surface area contributed by atoms with Crippen molar-refractivity contribution in [1.29, 1.82) is 5.26 Å². The Kier molecular flexibility index (Phi) is 7.45. The third kappa shape index (κ3) is 5.03. The lowest BCUT2D eigenvalue weighted by Crippen LogP contribution is -3.06. The standard InChI is InChI=1S/C28H29F4N3O3/c29-24-13-18(10-11-22(24)27(36)34-38-15-16-4-3-5-16)26-21-7-2-1-6-20(21)25(35(26)37)17-8-9-19(14-33)23(12-17)28(30,31)32/h8-13,16,20-21,25-26,35H,1-7,15H2,(H,34,36). The summed E-state index contributed by atoms with van der Waals surface area (Å²) in [5.41, 5.74) is 1.19. The number of rotatable bonds is 6. The predicted octanol–water partition coefficient (Wildman–Crippen LogP) is 5.16. The van der Waals surface area contributed by atoms with Crippen molar-refractivity contribution >= 4 is 5.91 Å². The molecule has 10 heteroatoms. The number of nitrogens with one attached hydrogen (secondary N) is 2. The monoisotopic (exact) mass is 531 g/mol. The highest BCUT2D eigenvalue weighted by atomic mass is 19.4. The molecule has 5 atom stereocenters. The molecule has 0 bridgehead atoms. The predicted molar refractivity (Wildman–Crippen MR) is 129 cm³/mol. The van der Waals surface area contributed by atoms with Gasteiger partial charge in [0.2, 0.25) is 0 Å². The summed E-state index contributed by atoms with van der Waals surface area (Å²) in [6, 6.07) is 7.68. The van der Waals surface area contributed by atoms with Crippen LogP contribution in [-0.4, -0.2) is 12.5 Å². The molecule has 202 valence electrons. The molecular weight excluding hydrogens is 502 g/mol. The summed E-state index contributed by atoms with van der Waals surface area (Å²) in [4.78, 5) is 17.6. The van der Waals surface area contributed by atoms with Crippen LogP contribution in [-0.2, 0) is 11.0 Å². The molecule has 1 saturated heterocycles. The number of nitrogens with zero attached hydrogens (tertiary/aromatic N) is 1. The van der Waals surface area contributed by atoms with E-state index in [0.717, 1.165) is 44.2 Å². The highest BCUT2D eigenvalue weighted by Gasteiger charge is 2.52. The van der Waals surface area contributed by atoms with Crippen LogP contribution in [0.2, 0.25) is 0 Å². The average molecular weight is 532 g/mol. The normalized spacial score (nSPS) is 27.3. The maximum atomic E-state index is 15.1. The first kappa shape index (κ1) is 26.6. The number of amides is 1. The third-order valence-electron chi connectivity index (χ3n) is 8.48. The zero-order valence-corrected chi connectivity index (χ0v) is 20.7. The zero-order chi connectivity index (χ0) is 27.0. The summed E-state index contributed by atoms with van der Waals surface area (Å²) in [5.74, 6) is -1.42. The SMILES string of the molecule is N#Cc1ccc(C2C3CCCCC3C(c3ccc(C(=O)NOCC4CCC4)c(F)c3)[NH+]2[O-])cc1C(F)(F)F. The topological polar surface area (TPSA) is 89.6 Å². The van der Waals surface area contributed by atoms with E-state index in [9.17, 15) is 23.2 Å². The van der Waals surface area contributed by atoms with Crippen LogP contribution in [0, 0.1) is 40.1 Å². The number of quaternary nitrogens is 1. The summed E-state index contributed by atoms with van der Waals surface area (Å²) in [5, 5.41) is 22.7. The van der Waals surface area contributed by atoms with Gasteiger partial charge in [0.1, 0.15) is 17.9 Å². The minimum Gasteiger partial charge on any atom is -0.633 e. The molecule has 2 aliphatic carbocycles.